The molecule has 0 aliphatic carbocycles. The zero-order chi connectivity index (χ0) is 32.6. The predicted octanol–water partition coefficient (Wildman–Crippen LogP) is -1.19. The van der Waals surface area contributed by atoms with Crippen LogP contribution in [-0.4, -0.2) is 87.9 Å². The first-order valence-corrected chi connectivity index (χ1v) is 14.1. The normalized spacial score (nSPS) is 21.0. The van der Waals surface area contributed by atoms with Crippen molar-refractivity contribution in [3.05, 3.63) is 34.4 Å². The molecule has 0 bridgehead atoms. The van der Waals surface area contributed by atoms with Crippen LogP contribution in [0.5, 0.6) is 0 Å². The van der Waals surface area contributed by atoms with Gasteiger partial charge in [-0.1, -0.05) is 0 Å². The van der Waals surface area contributed by atoms with E-state index in [4.69, 9.17) is 11.5 Å². The summed E-state index contributed by atoms with van der Waals surface area (Å²) in [6, 6.07) is 2.02. The van der Waals surface area contributed by atoms with Crippen LogP contribution in [0.1, 0.15) is 52.4 Å². The minimum absolute atomic E-state index is 0.0259. The van der Waals surface area contributed by atoms with E-state index >= 15 is 0 Å². The first kappa shape index (κ1) is 33.4. The molecule has 3 rings (SSSR count). The number of nitro groups is 1. The molecular formula is C27H37N9O8. The molecule has 2 aliphatic rings. The van der Waals surface area contributed by atoms with E-state index in [9.17, 15) is 38.9 Å². The largest absolute Gasteiger partial charge is 0.370 e. The van der Waals surface area contributed by atoms with Crippen LogP contribution in [0, 0.1) is 10.1 Å². The Hall–Kier alpha value is -5.09. The van der Waals surface area contributed by atoms with Crippen molar-refractivity contribution in [2.45, 2.75) is 76.0 Å². The summed E-state index contributed by atoms with van der Waals surface area (Å²) in [5.74, 6) is -3.67. The highest BCUT2D eigenvalue weighted by atomic mass is 16.6. The number of nitrogens with zero attached hydrogens (tertiary/aromatic N) is 3. The Balaban J connectivity index is 1.68. The smallest absolute Gasteiger partial charge is 0.269 e. The van der Waals surface area contributed by atoms with Crippen LogP contribution in [0.25, 0.3) is 0 Å². The van der Waals surface area contributed by atoms with Crippen molar-refractivity contribution in [3.63, 3.8) is 0 Å². The lowest BCUT2D eigenvalue weighted by atomic mass is 9.88. The van der Waals surface area contributed by atoms with Crippen molar-refractivity contribution in [1.82, 2.24) is 20.9 Å². The highest BCUT2D eigenvalue weighted by Gasteiger charge is 2.46. The van der Waals surface area contributed by atoms with E-state index in [0.29, 0.717) is 19.3 Å². The summed E-state index contributed by atoms with van der Waals surface area (Å²) in [4.78, 5) is 92.6. The molecule has 0 aromatic heterocycles. The summed E-state index contributed by atoms with van der Waals surface area (Å²) in [6.07, 6.45) is 1.11. The van der Waals surface area contributed by atoms with Crippen LogP contribution >= 0.6 is 0 Å². The Morgan fingerprint density at radius 2 is 1.84 bits per heavy atom. The number of anilines is 1. The number of hydrogen-bond donors (Lipinski definition) is 6. The third kappa shape index (κ3) is 8.26. The molecule has 5 amide bonds. The number of likely N-dealkylation sites (tertiary alicyclic amines) is 1. The van der Waals surface area contributed by atoms with Gasteiger partial charge in [-0.3, -0.25) is 43.9 Å². The van der Waals surface area contributed by atoms with Gasteiger partial charge in [0.05, 0.1) is 4.92 Å². The van der Waals surface area contributed by atoms with Gasteiger partial charge >= 0.3 is 0 Å². The second-order valence-corrected chi connectivity index (χ2v) is 10.8. The molecule has 2 aliphatic heterocycles. The fourth-order valence-corrected chi connectivity index (χ4v) is 4.96. The van der Waals surface area contributed by atoms with E-state index in [1.54, 1.807) is 0 Å². The van der Waals surface area contributed by atoms with Gasteiger partial charge in [-0.25, -0.2) is 0 Å². The Morgan fingerprint density at radius 3 is 2.48 bits per heavy atom. The lowest BCUT2D eigenvalue weighted by Gasteiger charge is -2.33. The van der Waals surface area contributed by atoms with Gasteiger partial charge in [0.1, 0.15) is 18.1 Å². The Labute approximate surface area is 252 Å². The van der Waals surface area contributed by atoms with E-state index in [1.807, 2.05) is 0 Å². The minimum Gasteiger partial charge on any atom is -0.370 e. The summed E-state index contributed by atoms with van der Waals surface area (Å²) < 4.78 is 0. The molecule has 0 spiro atoms. The highest BCUT2D eigenvalue weighted by molar-refractivity contribution is 6.15. The Morgan fingerprint density at radius 1 is 1.16 bits per heavy atom. The first-order chi connectivity index (χ1) is 20.7. The Bertz CT molecular complexity index is 1350. The molecular weight excluding hydrogens is 578 g/mol. The number of nitrogens with one attached hydrogen (secondary N) is 4. The third-order valence-corrected chi connectivity index (χ3v) is 7.46. The van der Waals surface area contributed by atoms with Crippen molar-refractivity contribution in [1.29, 1.82) is 0 Å². The number of carbonyl (C=O) groups is 6. The van der Waals surface area contributed by atoms with Gasteiger partial charge in [0.2, 0.25) is 23.6 Å². The predicted molar refractivity (Wildman–Crippen MR) is 157 cm³/mol. The molecule has 0 saturated carbocycles. The van der Waals surface area contributed by atoms with Crippen molar-refractivity contribution in [3.8, 4) is 0 Å². The molecule has 0 radical (unpaired) electrons. The number of rotatable bonds is 12. The van der Waals surface area contributed by atoms with Gasteiger partial charge in [-0.05, 0) is 51.7 Å². The van der Waals surface area contributed by atoms with Gasteiger partial charge in [-0.2, -0.15) is 0 Å². The number of non-ortho nitro benzene ring substituents is 1. The summed E-state index contributed by atoms with van der Waals surface area (Å²) in [5, 5.41) is 21.1. The lowest BCUT2D eigenvalue weighted by Crippen LogP contribution is -2.66. The average molecular weight is 616 g/mol. The molecule has 1 aromatic rings. The quantitative estimate of drug-likeness (QED) is 0.0409. The summed E-state index contributed by atoms with van der Waals surface area (Å²) >= 11 is 0. The minimum atomic E-state index is -1.81. The number of carbonyl (C=O) groups excluding carboxylic acids is 6. The molecule has 0 unspecified atom stereocenters. The third-order valence-electron chi connectivity index (χ3n) is 7.46. The fraction of sp³-hybridized carbons (Fsp3) is 0.519. The maximum Gasteiger partial charge on any atom is 0.269 e. The number of amides is 5. The summed E-state index contributed by atoms with van der Waals surface area (Å²) in [7, 11) is 0. The SMILES string of the molecule is C[C@H](NC(=O)[C@]1(C)NC(=O)CCC1=O)C(=O)N1CCC[C@H]1C(=O)N[C@@H](CCCN=C(N)N)C(=O)Nc1ccc([N+](=O)[O-])cc1. The average Bonchev–Trinajstić information content (AvgIpc) is 3.46. The molecule has 4 atom stereocenters. The number of nitrogens with two attached hydrogens (primary N) is 2. The monoisotopic (exact) mass is 615 g/mol. The van der Waals surface area contributed by atoms with E-state index in [1.165, 1.54) is 43.0 Å². The van der Waals surface area contributed by atoms with Crippen molar-refractivity contribution >= 4 is 52.7 Å². The van der Waals surface area contributed by atoms with Gasteiger partial charge < -0.3 is 37.6 Å². The number of Topliss-reactive ketones (excluding diaryl/α,β-unsaturated/α-hetero) is 1. The van der Waals surface area contributed by atoms with Crippen LogP contribution < -0.4 is 32.7 Å². The molecule has 17 nitrogen and oxygen atoms in total. The number of nitro benzene ring substituents is 1. The molecule has 8 N–H and O–H groups in total. The van der Waals surface area contributed by atoms with Crippen molar-refractivity contribution < 1.29 is 33.7 Å². The van der Waals surface area contributed by atoms with Gasteiger partial charge in [0.15, 0.2) is 17.3 Å². The number of benzene rings is 1. The number of piperidine rings is 1. The highest BCUT2D eigenvalue weighted by Crippen LogP contribution is 2.21. The van der Waals surface area contributed by atoms with Crippen molar-refractivity contribution in [2.24, 2.45) is 16.5 Å². The van der Waals surface area contributed by atoms with Gasteiger partial charge in [0, 0.05) is 43.8 Å². The fourth-order valence-electron chi connectivity index (χ4n) is 4.96. The van der Waals surface area contributed by atoms with Crippen LogP contribution in [0.3, 0.4) is 0 Å². The second-order valence-electron chi connectivity index (χ2n) is 10.8. The van der Waals surface area contributed by atoms with E-state index in [0.717, 1.165) is 0 Å². The molecule has 238 valence electrons. The van der Waals surface area contributed by atoms with Crippen LogP contribution in [0.2, 0.25) is 0 Å². The topological polar surface area (TPSA) is 261 Å². The summed E-state index contributed by atoms with van der Waals surface area (Å²) in [6.45, 7) is 3.09. The molecule has 1 aromatic carbocycles. The second kappa shape index (κ2) is 14.4. The standard InChI is InChI=1S/C27H37N9O8/c1-15(31-25(42)27(2)20(37)11-12-21(38)34-27)24(41)35-14-4-6-19(35)23(40)33-18(5-3-13-30-26(28)29)22(39)32-16-7-9-17(10-8-16)36(43)44/h7-10,15,18-19H,3-6,11-14H2,1-2H3,(H,31,42)(H,32,39)(H,33,40)(H,34,38)(H4,28,29,30)/t15-,18-,19-,27+/m0/s1. The zero-order valence-electron chi connectivity index (χ0n) is 24.5. The number of hydrogen-bond acceptors (Lipinski definition) is 9. The first-order valence-electron chi connectivity index (χ1n) is 14.1. The van der Waals surface area contributed by atoms with Crippen LogP contribution in [0.15, 0.2) is 29.3 Å². The number of guanidine groups is 1. The number of aliphatic imine (C=N–C) groups is 1. The van der Waals surface area contributed by atoms with E-state index in [2.05, 4.69) is 26.3 Å². The van der Waals surface area contributed by atoms with Crippen LogP contribution in [0.4, 0.5) is 11.4 Å². The molecule has 44 heavy (non-hydrogen) atoms. The number of ketones is 1. The summed E-state index contributed by atoms with van der Waals surface area (Å²) in [5.41, 5.74) is 9.02. The van der Waals surface area contributed by atoms with Crippen molar-refractivity contribution in [2.75, 3.05) is 18.4 Å². The van der Waals surface area contributed by atoms with Gasteiger partial charge in [-0.15, -0.1) is 0 Å². The molecule has 2 fully saturated rings. The molecule has 17 heteroatoms. The van der Waals surface area contributed by atoms with E-state index < -0.39 is 63.9 Å². The van der Waals surface area contributed by atoms with Crippen LogP contribution in [-0.2, 0) is 28.8 Å². The lowest BCUT2D eigenvalue weighted by molar-refractivity contribution is -0.384. The maximum atomic E-state index is 13.4. The van der Waals surface area contributed by atoms with Gasteiger partial charge in [0.25, 0.3) is 11.6 Å². The maximum absolute atomic E-state index is 13.4. The molecule has 2 heterocycles. The Kier molecular flexibility index (Phi) is 10.9. The zero-order valence-corrected chi connectivity index (χ0v) is 24.5. The molecule has 2 saturated heterocycles. The van der Waals surface area contributed by atoms with E-state index in [-0.39, 0.29) is 49.7 Å².